The lowest BCUT2D eigenvalue weighted by Crippen LogP contribution is -2.38. The highest BCUT2D eigenvalue weighted by atomic mass is 35.5. The number of anilines is 2. The Morgan fingerprint density at radius 3 is 2.87 bits per heavy atom. The van der Waals surface area contributed by atoms with Gasteiger partial charge in [-0.25, -0.2) is 4.52 Å². The average molecular weight is 527 g/mol. The summed E-state index contributed by atoms with van der Waals surface area (Å²) in [5.41, 5.74) is 13.0. The van der Waals surface area contributed by atoms with Crippen molar-refractivity contribution in [2.45, 2.75) is 45.7 Å². The summed E-state index contributed by atoms with van der Waals surface area (Å²) >= 11 is 6.81. The van der Waals surface area contributed by atoms with E-state index in [4.69, 9.17) is 18.0 Å². The quantitative estimate of drug-likeness (QED) is 0.238. The number of pyridine rings is 2. The normalized spacial score (nSPS) is 16.3. The first-order chi connectivity index (χ1) is 18.3. The zero-order valence-electron chi connectivity index (χ0n) is 21.7. The molecule has 6 rings (SSSR count). The molecule has 194 valence electrons. The zero-order chi connectivity index (χ0) is 26.4. The molecule has 0 unspecified atom stereocenters. The number of nitrogens with zero attached hydrogens (tertiary/aromatic N) is 4. The molecule has 8 nitrogen and oxygen atoms in total. The van der Waals surface area contributed by atoms with Crippen LogP contribution < -0.4 is 21.6 Å². The van der Waals surface area contributed by atoms with Gasteiger partial charge in [-0.15, -0.1) is 12.0 Å². The fourth-order valence-electron chi connectivity index (χ4n) is 4.74. The molecule has 1 aliphatic heterocycles. The molecule has 0 radical (unpaired) electrons. The van der Waals surface area contributed by atoms with Crippen molar-refractivity contribution in [1.29, 1.82) is 0 Å². The van der Waals surface area contributed by atoms with E-state index in [9.17, 15) is 0 Å². The van der Waals surface area contributed by atoms with E-state index in [0.29, 0.717) is 22.1 Å². The molecule has 1 saturated carbocycles. The van der Waals surface area contributed by atoms with Crippen molar-refractivity contribution in [2.24, 2.45) is 5.41 Å². The van der Waals surface area contributed by atoms with Crippen LogP contribution in [0.1, 0.15) is 50.8 Å². The van der Waals surface area contributed by atoms with Crippen LogP contribution in [-0.2, 0) is 0 Å². The van der Waals surface area contributed by atoms with Gasteiger partial charge < -0.3 is 16.1 Å². The van der Waals surface area contributed by atoms with Crippen LogP contribution in [0.3, 0.4) is 0 Å². The Morgan fingerprint density at radius 2 is 2.11 bits per heavy atom. The van der Waals surface area contributed by atoms with Gasteiger partial charge in [0.25, 0.3) is 0 Å². The Morgan fingerprint density at radius 1 is 1.26 bits per heavy atom. The molecule has 3 aromatic heterocycles. The molecule has 1 aliphatic carbocycles. The second-order valence-corrected chi connectivity index (χ2v) is 11.5. The van der Waals surface area contributed by atoms with Crippen LogP contribution in [0.4, 0.5) is 11.4 Å². The van der Waals surface area contributed by atoms with Gasteiger partial charge in [0.1, 0.15) is 0 Å². The van der Waals surface area contributed by atoms with Crippen molar-refractivity contribution in [3.05, 3.63) is 77.0 Å². The van der Waals surface area contributed by atoms with Crippen LogP contribution in [-0.4, -0.2) is 32.2 Å². The highest BCUT2D eigenvalue weighted by Crippen LogP contribution is 2.37. The van der Waals surface area contributed by atoms with E-state index in [-0.39, 0.29) is 11.5 Å². The van der Waals surface area contributed by atoms with Gasteiger partial charge >= 0.3 is 0 Å². The highest BCUT2D eigenvalue weighted by Gasteiger charge is 2.33. The third kappa shape index (κ3) is 4.71. The Labute approximate surface area is 227 Å². The van der Waals surface area contributed by atoms with E-state index in [1.165, 1.54) is 12.8 Å². The maximum Gasteiger partial charge on any atom is 0.0965 e. The third-order valence-corrected chi connectivity index (χ3v) is 7.11. The smallest absolute Gasteiger partial charge is 0.0965 e. The molecule has 4 aromatic rings. The van der Waals surface area contributed by atoms with Crippen molar-refractivity contribution >= 4 is 39.4 Å². The zero-order valence-corrected chi connectivity index (χ0v) is 22.5. The first kappa shape index (κ1) is 24.4. The Balaban J connectivity index is 1.44. The minimum absolute atomic E-state index is 0.0667. The number of nitrogens with one attached hydrogen (secondary N) is 4. The van der Waals surface area contributed by atoms with Crippen LogP contribution in [0, 0.1) is 17.8 Å². The second-order valence-electron chi connectivity index (χ2n) is 11.1. The lowest BCUT2D eigenvalue weighted by molar-refractivity contribution is 0.260. The summed E-state index contributed by atoms with van der Waals surface area (Å²) in [5.74, 6) is 2.78. The van der Waals surface area contributed by atoms with Crippen LogP contribution in [0.15, 0.2) is 60.8 Å². The van der Waals surface area contributed by atoms with Gasteiger partial charge in [-0.1, -0.05) is 44.4 Å². The van der Waals surface area contributed by atoms with Crippen LogP contribution in [0.2, 0.25) is 5.02 Å². The maximum absolute atomic E-state index is 6.81. The molecule has 2 aliphatic rings. The predicted molar refractivity (Wildman–Crippen MR) is 153 cm³/mol. The Bertz CT molecular complexity index is 1590. The first-order valence-corrected chi connectivity index (χ1v) is 13.2. The first-order valence-electron chi connectivity index (χ1n) is 12.8. The number of rotatable bonds is 7. The second kappa shape index (κ2) is 9.43. The van der Waals surface area contributed by atoms with Crippen molar-refractivity contribution in [1.82, 2.24) is 30.6 Å². The number of benzene rings is 1. The minimum atomic E-state index is -0.199. The molecule has 9 heteroatoms. The molecule has 4 N–H and O–H groups in total. The molecule has 1 atom stereocenters. The van der Waals surface area contributed by atoms with Crippen molar-refractivity contribution in [3.63, 3.8) is 0 Å². The molecule has 0 bridgehead atoms. The van der Waals surface area contributed by atoms with Gasteiger partial charge in [-0.05, 0) is 42.5 Å². The monoisotopic (exact) mass is 526 g/mol. The molecular formula is C29H31ClN8. The summed E-state index contributed by atoms with van der Waals surface area (Å²) in [6.07, 6.45) is 15.9. The molecular weight excluding hydrogens is 496 g/mol. The van der Waals surface area contributed by atoms with Gasteiger partial charge in [-0.3, -0.25) is 9.99 Å². The summed E-state index contributed by atoms with van der Waals surface area (Å²) in [4.78, 5) is 4.59. The lowest BCUT2D eigenvalue weighted by Gasteiger charge is -2.24. The van der Waals surface area contributed by atoms with Crippen molar-refractivity contribution in [2.75, 3.05) is 17.2 Å². The van der Waals surface area contributed by atoms with E-state index >= 15 is 0 Å². The van der Waals surface area contributed by atoms with E-state index in [0.717, 1.165) is 40.1 Å². The lowest BCUT2D eigenvalue weighted by atomic mass is 9.96. The van der Waals surface area contributed by atoms with Gasteiger partial charge in [0.2, 0.25) is 0 Å². The standard InChI is InChI=1S/C29H31ClN8/c1-5-18-15-31-27-22(26(18)32-17-29(2,3)4)13-19(14-23(27)30)34-28(24-16-38(36-35-24)20-8-9-20)21-7-6-12-37-25(21)10-11-33-37/h1,6-7,10-16,20,28,34-36H,8-9,17H2,2-4H3,(H,31,32)/t28-/m0/s1. The molecule has 0 spiro atoms. The van der Waals surface area contributed by atoms with E-state index in [1.54, 1.807) is 6.20 Å². The largest absolute Gasteiger partial charge is 0.383 e. The van der Waals surface area contributed by atoms with E-state index < -0.39 is 0 Å². The predicted octanol–water partition coefficient (Wildman–Crippen LogP) is 5.46. The summed E-state index contributed by atoms with van der Waals surface area (Å²) in [6.45, 7) is 7.30. The summed E-state index contributed by atoms with van der Waals surface area (Å²) in [6, 6.07) is 10.5. The Kier molecular flexibility index (Phi) is 6.05. The van der Waals surface area contributed by atoms with Gasteiger partial charge in [0.05, 0.1) is 39.0 Å². The average Bonchev–Trinajstić information content (AvgIpc) is 3.41. The fraction of sp³-hybridized carbons (Fsp3) is 0.310. The van der Waals surface area contributed by atoms with Crippen LogP contribution in [0.5, 0.6) is 0 Å². The minimum Gasteiger partial charge on any atom is -0.383 e. The van der Waals surface area contributed by atoms with Gasteiger partial charge in [0.15, 0.2) is 0 Å². The van der Waals surface area contributed by atoms with E-state index in [2.05, 4.69) is 81.7 Å². The number of aromatic nitrogens is 3. The highest BCUT2D eigenvalue weighted by molar-refractivity contribution is 6.35. The summed E-state index contributed by atoms with van der Waals surface area (Å²) < 4.78 is 1.89. The number of hydrogen-bond donors (Lipinski definition) is 4. The molecule has 1 aromatic carbocycles. The SMILES string of the molecule is C#Cc1cnc2c(Cl)cc(N[C@H](C3=CN(C4CC4)NN3)c3cccn4nccc34)cc2c1NCC(C)(C)C. The number of hydrogen-bond acceptors (Lipinski definition) is 7. The Hall–Kier alpha value is -3.93. The van der Waals surface area contributed by atoms with Crippen LogP contribution in [0.25, 0.3) is 16.4 Å². The maximum atomic E-state index is 6.81. The molecule has 0 saturated heterocycles. The third-order valence-electron chi connectivity index (χ3n) is 6.83. The summed E-state index contributed by atoms with van der Waals surface area (Å²) in [5, 5.41) is 15.3. The number of fused-ring (bicyclic) bond motifs is 2. The van der Waals surface area contributed by atoms with Crippen molar-refractivity contribution in [3.8, 4) is 12.3 Å². The number of hydrazine groups is 2. The molecule has 0 amide bonds. The molecule has 1 fully saturated rings. The summed E-state index contributed by atoms with van der Waals surface area (Å²) in [7, 11) is 0. The van der Waals surface area contributed by atoms with Crippen molar-refractivity contribution < 1.29 is 0 Å². The molecule has 38 heavy (non-hydrogen) atoms. The topological polar surface area (TPSA) is 81.6 Å². The number of halogens is 1. The number of terminal acetylenes is 1. The van der Waals surface area contributed by atoms with E-state index in [1.807, 2.05) is 35.1 Å². The molecule has 4 heterocycles. The fourth-order valence-corrected chi connectivity index (χ4v) is 5.01. The van der Waals surface area contributed by atoms with Crippen LogP contribution >= 0.6 is 11.6 Å². The van der Waals surface area contributed by atoms with Gasteiger partial charge in [0, 0.05) is 54.0 Å². The van der Waals surface area contributed by atoms with Gasteiger partial charge in [-0.2, -0.15) is 5.10 Å².